The van der Waals surface area contributed by atoms with E-state index in [0.717, 1.165) is 77.6 Å². The van der Waals surface area contributed by atoms with Crippen LogP contribution in [0.1, 0.15) is 0 Å². The average molecular weight is 626 g/mol. The molecule has 0 aliphatic carbocycles. The van der Waals surface area contributed by atoms with Crippen molar-refractivity contribution in [3.8, 4) is 45.2 Å². The molecule has 0 atom stereocenters. The van der Waals surface area contributed by atoms with Crippen LogP contribution in [0, 0.1) is 0 Å². The smallest absolute Gasteiger partial charge is 0.160 e. The van der Waals surface area contributed by atoms with Crippen LogP contribution in [0.15, 0.2) is 168 Å². The number of hydrogen-bond acceptors (Lipinski definition) is 4. The Morgan fingerprint density at radius 3 is 1.84 bits per heavy atom. The molecule has 0 N–H and O–H groups in total. The van der Waals surface area contributed by atoms with Gasteiger partial charge in [0.2, 0.25) is 0 Å². The lowest BCUT2D eigenvalue weighted by Gasteiger charge is -2.13. The van der Waals surface area contributed by atoms with E-state index >= 15 is 0 Å². The van der Waals surface area contributed by atoms with Crippen molar-refractivity contribution in [2.45, 2.75) is 0 Å². The molecule has 0 radical (unpaired) electrons. The highest BCUT2D eigenvalue weighted by molar-refractivity contribution is 6.23. The monoisotopic (exact) mass is 625 g/mol. The zero-order valence-electron chi connectivity index (χ0n) is 26.3. The zero-order valence-corrected chi connectivity index (χ0v) is 26.3. The molecule has 10 aromatic rings. The highest BCUT2D eigenvalue weighted by atomic mass is 16.3. The van der Waals surface area contributed by atoms with Gasteiger partial charge in [0.1, 0.15) is 11.2 Å². The van der Waals surface area contributed by atoms with Gasteiger partial charge in [0, 0.05) is 33.0 Å². The van der Waals surface area contributed by atoms with Crippen molar-refractivity contribution in [1.82, 2.24) is 15.0 Å². The molecule has 4 nitrogen and oxygen atoms in total. The average Bonchev–Trinajstić information content (AvgIpc) is 3.58. The van der Waals surface area contributed by atoms with E-state index in [2.05, 4.69) is 103 Å². The minimum atomic E-state index is 0.682. The number of rotatable bonds is 4. The van der Waals surface area contributed by atoms with Gasteiger partial charge in [-0.1, -0.05) is 133 Å². The number of furan rings is 1. The molecule has 0 aliphatic rings. The molecule has 0 amide bonds. The first-order valence-electron chi connectivity index (χ1n) is 16.4. The summed E-state index contributed by atoms with van der Waals surface area (Å²) in [4.78, 5) is 15.6. The van der Waals surface area contributed by atoms with Crippen molar-refractivity contribution >= 4 is 54.4 Å². The molecule has 0 saturated heterocycles. The van der Waals surface area contributed by atoms with Crippen LogP contribution in [0.2, 0.25) is 0 Å². The summed E-state index contributed by atoms with van der Waals surface area (Å²) in [5.41, 5.74) is 9.18. The Hall–Kier alpha value is -6.65. The third-order valence-electron chi connectivity index (χ3n) is 9.45. The van der Waals surface area contributed by atoms with Gasteiger partial charge in [-0.3, -0.25) is 0 Å². The van der Waals surface area contributed by atoms with Crippen molar-refractivity contribution in [3.05, 3.63) is 164 Å². The van der Waals surface area contributed by atoms with E-state index in [9.17, 15) is 0 Å². The van der Waals surface area contributed by atoms with Crippen LogP contribution < -0.4 is 0 Å². The molecule has 10 rings (SSSR count). The summed E-state index contributed by atoms with van der Waals surface area (Å²) in [7, 11) is 0. The van der Waals surface area contributed by atoms with Gasteiger partial charge < -0.3 is 4.42 Å². The quantitative estimate of drug-likeness (QED) is 0.183. The first-order valence-corrected chi connectivity index (χ1v) is 16.4. The molecule has 4 heteroatoms. The number of benzene rings is 7. The van der Waals surface area contributed by atoms with Crippen LogP contribution in [0.5, 0.6) is 0 Å². The second kappa shape index (κ2) is 11.0. The molecule has 0 spiro atoms. The van der Waals surface area contributed by atoms with Gasteiger partial charge in [0.25, 0.3) is 0 Å². The standard InChI is InChI=1S/C45H27N3O/c1-3-13-28(14-4-1)38-27-39(48-45(47-38)29-15-5-2-6-16-29)31-23-24-35-40(26-31)46-43(42-36-21-11-12-22-41(36)49-44(35)42)37-25-30-17-7-8-18-32(30)33-19-9-10-20-34(33)37/h1-27H. The molecule has 7 aromatic carbocycles. The van der Waals surface area contributed by atoms with Crippen LogP contribution in [0.4, 0.5) is 0 Å². The number of fused-ring (bicyclic) bond motifs is 8. The molecule has 0 bridgehead atoms. The third kappa shape index (κ3) is 4.49. The number of hydrogen-bond donors (Lipinski definition) is 0. The summed E-state index contributed by atoms with van der Waals surface area (Å²) in [6.07, 6.45) is 0. The van der Waals surface area contributed by atoms with E-state index in [0.29, 0.717) is 5.82 Å². The summed E-state index contributed by atoms with van der Waals surface area (Å²) in [6, 6.07) is 56.6. The van der Waals surface area contributed by atoms with Crippen LogP contribution in [-0.2, 0) is 0 Å². The highest BCUT2D eigenvalue weighted by Gasteiger charge is 2.21. The van der Waals surface area contributed by atoms with Crippen molar-refractivity contribution in [3.63, 3.8) is 0 Å². The lowest BCUT2D eigenvalue weighted by molar-refractivity contribution is 0.672. The van der Waals surface area contributed by atoms with Crippen molar-refractivity contribution in [2.75, 3.05) is 0 Å². The zero-order chi connectivity index (χ0) is 32.3. The van der Waals surface area contributed by atoms with E-state index in [4.69, 9.17) is 19.4 Å². The van der Waals surface area contributed by atoms with Gasteiger partial charge in [-0.15, -0.1) is 0 Å². The lowest BCUT2D eigenvalue weighted by Crippen LogP contribution is -1.96. The normalized spacial score (nSPS) is 11.7. The second-order valence-electron chi connectivity index (χ2n) is 12.4. The molecule has 228 valence electrons. The van der Waals surface area contributed by atoms with Crippen molar-refractivity contribution in [1.29, 1.82) is 0 Å². The first-order chi connectivity index (χ1) is 24.3. The predicted molar refractivity (Wildman–Crippen MR) is 201 cm³/mol. The number of nitrogens with zero attached hydrogens (tertiary/aromatic N) is 3. The molecule has 0 fully saturated rings. The second-order valence-corrected chi connectivity index (χ2v) is 12.4. The Morgan fingerprint density at radius 1 is 0.408 bits per heavy atom. The Morgan fingerprint density at radius 2 is 1.04 bits per heavy atom. The number of para-hydroxylation sites is 1. The molecule has 0 aliphatic heterocycles. The maximum atomic E-state index is 6.66. The molecule has 49 heavy (non-hydrogen) atoms. The maximum absolute atomic E-state index is 6.66. The van der Waals surface area contributed by atoms with Gasteiger partial charge in [-0.2, -0.15) is 0 Å². The Balaban J connectivity index is 1.26. The fourth-order valence-corrected chi connectivity index (χ4v) is 7.14. The Labute approximate surface area is 282 Å². The summed E-state index contributed by atoms with van der Waals surface area (Å²) < 4.78 is 6.66. The maximum Gasteiger partial charge on any atom is 0.160 e. The van der Waals surface area contributed by atoms with Crippen LogP contribution in [-0.4, -0.2) is 15.0 Å². The predicted octanol–water partition coefficient (Wildman–Crippen LogP) is 11.9. The van der Waals surface area contributed by atoms with E-state index in [1.807, 2.05) is 60.7 Å². The fourth-order valence-electron chi connectivity index (χ4n) is 7.14. The van der Waals surface area contributed by atoms with E-state index in [1.165, 1.54) is 16.2 Å². The van der Waals surface area contributed by atoms with E-state index in [-0.39, 0.29) is 0 Å². The molecule has 0 unspecified atom stereocenters. The number of aromatic nitrogens is 3. The minimum absolute atomic E-state index is 0.682. The van der Waals surface area contributed by atoms with E-state index < -0.39 is 0 Å². The minimum Gasteiger partial charge on any atom is -0.455 e. The molecule has 0 saturated carbocycles. The SMILES string of the molecule is c1ccc(-c2cc(-c3ccc4c(c3)nc(-c3cc5ccccc5c5ccccc35)c3c5ccccc5oc43)nc(-c3ccccc3)n2)cc1. The van der Waals surface area contributed by atoms with Gasteiger partial charge in [-0.05, 0) is 51.9 Å². The summed E-state index contributed by atoms with van der Waals surface area (Å²) >= 11 is 0. The van der Waals surface area contributed by atoms with Crippen molar-refractivity contribution in [2.24, 2.45) is 0 Å². The molecular weight excluding hydrogens is 599 g/mol. The Bertz CT molecular complexity index is 2820. The van der Waals surface area contributed by atoms with Gasteiger partial charge in [0.15, 0.2) is 5.82 Å². The first kappa shape index (κ1) is 27.5. The van der Waals surface area contributed by atoms with Crippen LogP contribution >= 0.6 is 0 Å². The van der Waals surface area contributed by atoms with Crippen LogP contribution in [0.3, 0.4) is 0 Å². The molecule has 3 aromatic heterocycles. The summed E-state index contributed by atoms with van der Waals surface area (Å²) in [5, 5.41) is 7.81. The van der Waals surface area contributed by atoms with Gasteiger partial charge in [0.05, 0.1) is 28.0 Å². The summed E-state index contributed by atoms with van der Waals surface area (Å²) in [5.74, 6) is 0.682. The molecular formula is C45H27N3O. The molecule has 3 heterocycles. The third-order valence-corrected chi connectivity index (χ3v) is 9.45. The fraction of sp³-hybridized carbons (Fsp3) is 0. The topological polar surface area (TPSA) is 51.8 Å². The van der Waals surface area contributed by atoms with Crippen molar-refractivity contribution < 1.29 is 4.42 Å². The van der Waals surface area contributed by atoms with Crippen LogP contribution in [0.25, 0.3) is 99.5 Å². The Kier molecular flexibility index (Phi) is 6.15. The van der Waals surface area contributed by atoms with Gasteiger partial charge >= 0.3 is 0 Å². The van der Waals surface area contributed by atoms with E-state index in [1.54, 1.807) is 0 Å². The largest absolute Gasteiger partial charge is 0.455 e. The number of pyridine rings is 1. The summed E-state index contributed by atoms with van der Waals surface area (Å²) in [6.45, 7) is 0. The lowest BCUT2D eigenvalue weighted by atomic mass is 9.93. The van der Waals surface area contributed by atoms with Gasteiger partial charge in [-0.25, -0.2) is 15.0 Å². The highest BCUT2D eigenvalue weighted by Crippen LogP contribution is 2.43.